The summed E-state index contributed by atoms with van der Waals surface area (Å²) in [5, 5.41) is 29.3. The third-order valence-electron chi connectivity index (χ3n) is 2.46. The Labute approximate surface area is 113 Å². The number of allylic oxidation sites excluding steroid dienone is 1. The van der Waals surface area contributed by atoms with Crippen molar-refractivity contribution >= 4 is 23.2 Å². The van der Waals surface area contributed by atoms with Crippen molar-refractivity contribution in [1.82, 2.24) is 0 Å². The van der Waals surface area contributed by atoms with E-state index in [1.165, 1.54) is 6.92 Å². The Kier molecular flexibility index (Phi) is 4.42. The number of rotatable bonds is 4. The zero-order valence-electron chi connectivity index (χ0n) is 10.6. The van der Waals surface area contributed by atoms with Crippen LogP contribution in [-0.4, -0.2) is 34.2 Å². The average molecular weight is 281 g/mol. The molecule has 1 aromatic carbocycles. The third-order valence-corrected chi connectivity index (χ3v) is 2.46. The number of carbonyl (C=O) groups is 2. The first kappa shape index (κ1) is 15.2. The molecule has 0 aromatic heterocycles. The molecule has 0 unspecified atom stereocenters. The summed E-state index contributed by atoms with van der Waals surface area (Å²) < 4.78 is 4.44. The number of carbonyl (C=O) groups excluding carboxylic acids is 1. The highest BCUT2D eigenvalue weighted by molar-refractivity contribution is 6.18. The van der Waals surface area contributed by atoms with Gasteiger partial charge in [0.25, 0.3) is 5.69 Å². The van der Waals surface area contributed by atoms with E-state index >= 15 is 0 Å². The largest absolute Gasteiger partial charge is 0.512 e. The smallest absolute Gasteiger partial charge is 0.342 e. The predicted molar refractivity (Wildman–Crippen MR) is 67.3 cm³/mol. The Hall–Kier alpha value is -2.90. The number of methoxy groups -OCH3 is 1. The van der Waals surface area contributed by atoms with E-state index in [1.54, 1.807) is 0 Å². The van der Waals surface area contributed by atoms with Crippen molar-refractivity contribution in [3.63, 3.8) is 0 Å². The van der Waals surface area contributed by atoms with E-state index < -0.39 is 33.9 Å². The summed E-state index contributed by atoms with van der Waals surface area (Å²) in [5.41, 5.74) is -1.53. The van der Waals surface area contributed by atoms with Crippen LogP contribution in [0.5, 0.6) is 0 Å². The summed E-state index contributed by atoms with van der Waals surface area (Å²) >= 11 is 0. The molecule has 8 heteroatoms. The minimum Gasteiger partial charge on any atom is -0.512 e. The van der Waals surface area contributed by atoms with Crippen LogP contribution in [0.4, 0.5) is 5.69 Å². The molecule has 0 amide bonds. The summed E-state index contributed by atoms with van der Waals surface area (Å²) in [6.45, 7) is 1.17. The molecule has 0 saturated heterocycles. The van der Waals surface area contributed by atoms with Gasteiger partial charge < -0.3 is 14.9 Å². The van der Waals surface area contributed by atoms with Gasteiger partial charge in [-0.25, -0.2) is 9.59 Å². The second-order valence-corrected chi connectivity index (χ2v) is 3.75. The number of nitro groups is 1. The number of aliphatic hydroxyl groups excluding tert-OH is 1. The van der Waals surface area contributed by atoms with Crippen LogP contribution in [-0.2, 0) is 9.53 Å². The molecule has 2 N–H and O–H groups in total. The Morgan fingerprint density at radius 3 is 2.30 bits per heavy atom. The molecule has 0 saturated carbocycles. The van der Waals surface area contributed by atoms with Gasteiger partial charge in [-0.15, -0.1) is 0 Å². The fourth-order valence-corrected chi connectivity index (χ4v) is 1.58. The van der Waals surface area contributed by atoms with Crippen LogP contribution >= 0.6 is 0 Å². The summed E-state index contributed by atoms with van der Waals surface area (Å²) in [5.74, 6) is -2.77. The van der Waals surface area contributed by atoms with Gasteiger partial charge in [0.05, 0.1) is 23.2 Å². The first-order valence-electron chi connectivity index (χ1n) is 5.29. The van der Waals surface area contributed by atoms with E-state index in [4.69, 9.17) is 5.11 Å². The van der Waals surface area contributed by atoms with Gasteiger partial charge in [-0.2, -0.15) is 0 Å². The van der Waals surface area contributed by atoms with Gasteiger partial charge in [0, 0.05) is 6.07 Å². The zero-order valence-corrected chi connectivity index (χ0v) is 10.6. The Morgan fingerprint density at radius 1 is 1.30 bits per heavy atom. The molecule has 0 fully saturated rings. The van der Waals surface area contributed by atoms with E-state index in [1.807, 2.05) is 0 Å². The molecule has 0 spiro atoms. The minimum atomic E-state index is -1.34. The molecule has 1 aromatic rings. The van der Waals surface area contributed by atoms with Gasteiger partial charge in [0.15, 0.2) is 0 Å². The van der Waals surface area contributed by atoms with Crippen molar-refractivity contribution < 1.29 is 29.5 Å². The van der Waals surface area contributed by atoms with Gasteiger partial charge in [-0.3, -0.25) is 10.1 Å². The van der Waals surface area contributed by atoms with Crippen LogP contribution in [0.1, 0.15) is 22.8 Å². The summed E-state index contributed by atoms with van der Waals surface area (Å²) in [6.07, 6.45) is 0. The monoisotopic (exact) mass is 281 g/mol. The Morgan fingerprint density at radius 2 is 1.90 bits per heavy atom. The summed E-state index contributed by atoms with van der Waals surface area (Å²) in [7, 11) is 1.06. The lowest BCUT2D eigenvalue weighted by Crippen LogP contribution is -2.09. The number of esters is 1. The molecular weight excluding hydrogens is 270 g/mol. The number of benzene rings is 1. The molecule has 0 radical (unpaired) electrons. The van der Waals surface area contributed by atoms with Gasteiger partial charge in [-0.05, 0) is 19.1 Å². The molecule has 0 bridgehead atoms. The number of carboxylic acids is 1. The van der Waals surface area contributed by atoms with Crippen molar-refractivity contribution in [3.05, 3.63) is 45.2 Å². The second-order valence-electron chi connectivity index (χ2n) is 3.75. The maximum absolute atomic E-state index is 11.6. The van der Waals surface area contributed by atoms with Crippen molar-refractivity contribution in [2.75, 3.05) is 7.11 Å². The molecule has 0 aliphatic carbocycles. The molecule has 0 heterocycles. The molecule has 0 aliphatic heterocycles. The highest BCUT2D eigenvalue weighted by Gasteiger charge is 2.26. The SMILES string of the molecule is COC(=O)C(=C(C)O)c1ccc(C(=O)O)cc1[N+](=O)[O-]. The third kappa shape index (κ3) is 2.91. The van der Waals surface area contributed by atoms with Gasteiger partial charge in [0.1, 0.15) is 11.3 Å². The summed E-state index contributed by atoms with van der Waals surface area (Å²) in [6, 6.07) is 2.98. The molecular formula is C12H11NO7. The molecule has 0 atom stereocenters. The van der Waals surface area contributed by atoms with Crippen LogP contribution in [0.15, 0.2) is 24.0 Å². The number of aromatic carboxylic acids is 1. The fraction of sp³-hybridized carbons (Fsp3) is 0.167. The first-order valence-corrected chi connectivity index (χ1v) is 5.29. The highest BCUT2D eigenvalue weighted by Crippen LogP contribution is 2.29. The average Bonchev–Trinajstić information content (AvgIpc) is 2.38. The van der Waals surface area contributed by atoms with Crippen LogP contribution in [0.25, 0.3) is 5.57 Å². The summed E-state index contributed by atoms with van der Waals surface area (Å²) in [4.78, 5) is 32.5. The minimum absolute atomic E-state index is 0.216. The Balaban J connectivity index is 3.59. The van der Waals surface area contributed by atoms with E-state index in [-0.39, 0.29) is 11.1 Å². The van der Waals surface area contributed by atoms with Gasteiger partial charge in [0.2, 0.25) is 0 Å². The fourth-order valence-electron chi connectivity index (χ4n) is 1.58. The first-order chi connectivity index (χ1) is 9.29. The predicted octanol–water partition coefficient (Wildman–Crippen LogP) is 1.75. The van der Waals surface area contributed by atoms with E-state index in [2.05, 4.69) is 4.74 Å². The van der Waals surface area contributed by atoms with E-state index in [9.17, 15) is 24.8 Å². The van der Waals surface area contributed by atoms with Gasteiger partial charge in [-0.1, -0.05) is 0 Å². The number of nitrogens with zero attached hydrogens (tertiary/aromatic N) is 1. The quantitative estimate of drug-likeness (QED) is 0.283. The van der Waals surface area contributed by atoms with Crippen molar-refractivity contribution in [2.45, 2.75) is 6.92 Å². The van der Waals surface area contributed by atoms with E-state index in [0.717, 1.165) is 25.3 Å². The normalized spacial score (nSPS) is 11.5. The van der Waals surface area contributed by atoms with Crippen LogP contribution < -0.4 is 0 Å². The molecule has 20 heavy (non-hydrogen) atoms. The zero-order chi connectivity index (χ0) is 15.4. The topological polar surface area (TPSA) is 127 Å². The van der Waals surface area contributed by atoms with Crippen LogP contribution in [0.2, 0.25) is 0 Å². The molecule has 1 rings (SSSR count). The molecule has 8 nitrogen and oxygen atoms in total. The molecule has 106 valence electrons. The van der Waals surface area contributed by atoms with E-state index in [0.29, 0.717) is 0 Å². The lowest BCUT2D eigenvalue weighted by molar-refractivity contribution is -0.385. The number of aliphatic hydroxyl groups is 1. The van der Waals surface area contributed by atoms with Crippen molar-refractivity contribution in [1.29, 1.82) is 0 Å². The van der Waals surface area contributed by atoms with Crippen LogP contribution in [0, 0.1) is 10.1 Å². The maximum Gasteiger partial charge on any atom is 0.342 e. The number of hydrogen-bond acceptors (Lipinski definition) is 6. The number of ether oxygens (including phenoxy) is 1. The van der Waals surface area contributed by atoms with Gasteiger partial charge >= 0.3 is 11.9 Å². The lowest BCUT2D eigenvalue weighted by Gasteiger charge is -2.08. The molecule has 0 aliphatic rings. The number of nitro benzene ring substituents is 1. The second kappa shape index (κ2) is 5.83. The van der Waals surface area contributed by atoms with Crippen LogP contribution in [0.3, 0.4) is 0 Å². The highest BCUT2D eigenvalue weighted by atomic mass is 16.6. The lowest BCUT2D eigenvalue weighted by atomic mass is 10.0. The Bertz CT molecular complexity index is 614. The number of hydrogen-bond donors (Lipinski definition) is 2. The van der Waals surface area contributed by atoms with Crippen molar-refractivity contribution in [3.8, 4) is 0 Å². The maximum atomic E-state index is 11.6. The standard InChI is InChI=1S/C12H11NO7/c1-6(14)10(12(17)20-2)8-4-3-7(11(15)16)5-9(8)13(18)19/h3-5,14H,1-2H3,(H,15,16). The van der Waals surface area contributed by atoms with Crippen molar-refractivity contribution in [2.24, 2.45) is 0 Å². The number of carboxylic acid groups (broad SMARTS) is 1.